The summed E-state index contributed by atoms with van der Waals surface area (Å²) in [6.45, 7) is 4.17. The number of H-pyrrole nitrogens is 1. The van der Waals surface area contributed by atoms with Crippen molar-refractivity contribution in [3.05, 3.63) is 29.8 Å². The lowest BCUT2D eigenvalue weighted by atomic mass is 9.99. The number of phenolic OH excluding ortho intramolecular Hbond substituents is 1. The number of aromatic amines is 1. The van der Waals surface area contributed by atoms with E-state index in [1.165, 1.54) is 0 Å². The second-order valence-electron chi connectivity index (χ2n) is 4.17. The predicted octanol–water partition coefficient (Wildman–Crippen LogP) is 2.49. The zero-order valence-corrected chi connectivity index (χ0v) is 9.36. The Morgan fingerprint density at radius 2 is 2.00 bits per heavy atom. The average Bonchev–Trinajstić information content (AvgIpc) is 2.64. The van der Waals surface area contributed by atoms with E-state index in [-0.39, 0.29) is 5.75 Å². The number of hydrogen-bond donors (Lipinski definition) is 3. The van der Waals surface area contributed by atoms with Gasteiger partial charge in [0.15, 0.2) is 0 Å². The van der Waals surface area contributed by atoms with Crippen molar-refractivity contribution in [3.8, 4) is 17.0 Å². The summed E-state index contributed by atoms with van der Waals surface area (Å²) >= 11 is 0. The molecule has 0 unspecified atom stereocenters. The van der Waals surface area contributed by atoms with E-state index in [0.717, 1.165) is 16.8 Å². The minimum Gasteiger partial charge on any atom is -0.508 e. The lowest BCUT2D eigenvalue weighted by molar-refractivity contribution is 0.474. The minimum absolute atomic E-state index is 0.259. The first-order valence-electron chi connectivity index (χ1n) is 5.21. The second kappa shape index (κ2) is 3.89. The Morgan fingerprint density at radius 1 is 1.25 bits per heavy atom. The zero-order valence-electron chi connectivity index (χ0n) is 9.36. The molecule has 4 nitrogen and oxygen atoms in total. The second-order valence-corrected chi connectivity index (χ2v) is 4.17. The molecule has 0 radical (unpaired) electrons. The van der Waals surface area contributed by atoms with Crippen LogP contribution in [0.2, 0.25) is 0 Å². The molecule has 0 saturated carbocycles. The third-order valence-corrected chi connectivity index (χ3v) is 2.52. The Labute approximate surface area is 94.1 Å². The summed E-state index contributed by atoms with van der Waals surface area (Å²) in [5, 5.41) is 16.3. The van der Waals surface area contributed by atoms with Crippen LogP contribution >= 0.6 is 0 Å². The summed E-state index contributed by atoms with van der Waals surface area (Å²) < 4.78 is 0. The van der Waals surface area contributed by atoms with E-state index >= 15 is 0 Å². The Hall–Kier alpha value is -1.97. The highest BCUT2D eigenvalue weighted by atomic mass is 16.3. The van der Waals surface area contributed by atoms with Gasteiger partial charge in [0, 0.05) is 11.6 Å². The van der Waals surface area contributed by atoms with Crippen molar-refractivity contribution in [3.63, 3.8) is 0 Å². The Morgan fingerprint density at radius 3 is 2.56 bits per heavy atom. The fourth-order valence-corrected chi connectivity index (χ4v) is 1.61. The molecule has 4 N–H and O–H groups in total. The molecule has 0 bridgehead atoms. The van der Waals surface area contributed by atoms with Crippen LogP contribution in [0.25, 0.3) is 11.3 Å². The molecule has 0 aliphatic rings. The lowest BCUT2D eigenvalue weighted by Gasteiger charge is -2.08. The van der Waals surface area contributed by atoms with E-state index < -0.39 is 0 Å². The number of hydrogen-bond acceptors (Lipinski definition) is 3. The summed E-state index contributed by atoms with van der Waals surface area (Å²) in [7, 11) is 0. The van der Waals surface area contributed by atoms with Crippen molar-refractivity contribution >= 4 is 5.82 Å². The number of benzene rings is 1. The molecule has 1 aromatic heterocycles. The first-order valence-corrected chi connectivity index (χ1v) is 5.21. The Balaban J connectivity index is 2.49. The van der Waals surface area contributed by atoms with Crippen LogP contribution in [-0.4, -0.2) is 15.3 Å². The van der Waals surface area contributed by atoms with Gasteiger partial charge in [-0.25, -0.2) is 0 Å². The quantitative estimate of drug-likeness (QED) is 0.723. The Bertz CT molecular complexity index is 503. The molecule has 0 saturated heterocycles. The van der Waals surface area contributed by atoms with Gasteiger partial charge in [-0.05, 0) is 29.7 Å². The molecule has 2 rings (SSSR count). The molecule has 1 aromatic carbocycles. The SMILES string of the molecule is CC(C)c1cc(O)cc(-c2cc(N)n[nH]2)c1. The highest BCUT2D eigenvalue weighted by molar-refractivity contribution is 5.64. The molecule has 0 aliphatic heterocycles. The smallest absolute Gasteiger partial charge is 0.145 e. The summed E-state index contributed by atoms with van der Waals surface area (Å²) in [6, 6.07) is 7.24. The van der Waals surface area contributed by atoms with Crippen molar-refractivity contribution < 1.29 is 5.11 Å². The molecule has 84 valence electrons. The minimum atomic E-state index is 0.259. The van der Waals surface area contributed by atoms with E-state index in [2.05, 4.69) is 24.0 Å². The van der Waals surface area contributed by atoms with Crippen LogP contribution in [0.4, 0.5) is 5.82 Å². The topological polar surface area (TPSA) is 74.9 Å². The normalized spacial score (nSPS) is 10.9. The summed E-state index contributed by atoms with van der Waals surface area (Å²) in [5.74, 6) is 1.07. The van der Waals surface area contributed by atoms with Crippen LogP contribution in [-0.2, 0) is 0 Å². The average molecular weight is 217 g/mol. The fourth-order valence-electron chi connectivity index (χ4n) is 1.61. The molecular formula is C12H15N3O. The maximum absolute atomic E-state index is 9.65. The first-order chi connectivity index (χ1) is 7.56. The van der Waals surface area contributed by atoms with E-state index in [4.69, 9.17) is 5.73 Å². The maximum Gasteiger partial charge on any atom is 0.145 e. The van der Waals surface area contributed by atoms with Crippen LogP contribution in [0.5, 0.6) is 5.75 Å². The van der Waals surface area contributed by atoms with Gasteiger partial charge in [0.05, 0.1) is 5.69 Å². The van der Waals surface area contributed by atoms with Gasteiger partial charge in [-0.3, -0.25) is 5.10 Å². The molecule has 0 amide bonds. The van der Waals surface area contributed by atoms with E-state index in [1.54, 1.807) is 18.2 Å². The number of nitrogens with two attached hydrogens (primary N) is 1. The zero-order chi connectivity index (χ0) is 11.7. The fraction of sp³-hybridized carbons (Fsp3) is 0.250. The largest absolute Gasteiger partial charge is 0.508 e. The molecule has 0 spiro atoms. The number of nitrogens with zero attached hydrogens (tertiary/aromatic N) is 1. The number of nitrogens with one attached hydrogen (secondary N) is 1. The number of nitrogen functional groups attached to an aromatic ring is 1. The van der Waals surface area contributed by atoms with Gasteiger partial charge in [0.25, 0.3) is 0 Å². The van der Waals surface area contributed by atoms with Crippen molar-refractivity contribution in [2.24, 2.45) is 0 Å². The maximum atomic E-state index is 9.65. The highest BCUT2D eigenvalue weighted by Crippen LogP contribution is 2.28. The van der Waals surface area contributed by atoms with Crippen molar-refractivity contribution in [2.45, 2.75) is 19.8 Å². The van der Waals surface area contributed by atoms with E-state index in [9.17, 15) is 5.11 Å². The van der Waals surface area contributed by atoms with Crippen LogP contribution in [0.1, 0.15) is 25.3 Å². The summed E-state index contributed by atoms with van der Waals surface area (Å²) in [5.41, 5.74) is 8.34. The number of anilines is 1. The lowest BCUT2D eigenvalue weighted by Crippen LogP contribution is -1.88. The van der Waals surface area contributed by atoms with Gasteiger partial charge in [-0.2, -0.15) is 5.10 Å². The molecule has 1 heterocycles. The van der Waals surface area contributed by atoms with E-state index in [0.29, 0.717) is 11.7 Å². The third kappa shape index (κ3) is 2.00. The summed E-state index contributed by atoms with van der Waals surface area (Å²) in [6.07, 6.45) is 0. The molecule has 4 heteroatoms. The molecule has 2 aromatic rings. The molecular weight excluding hydrogens is 202 g/mol. The number of aromatic hydroxyl groups is 1. The standard InChI is InChI=1S/C12H15N3O/c1-7(2)8-3-9(5-10(16)4-8)11-6-12(13)15-14-11/h3-7,16H,1-2H3,(H3,13,14,15). The van der Waals surface area contributed by atoms with Crippen molar-refractivity contribution in [2.75, 3.05) is 5.73 Å². The predicted molar refractivity (Wildman–Crippen MR) is 64.2 cm³/mol. The number of rotatable bonds is 2. The van der Waals surface area contributed by atoms with Gasteiger partial charge in [0.1, 0.15) is 11.6 Å². The van der Waals surface area contributed by atoms with Crippen LogP contribution in [0.15, 0.2) is 24.3 Å². The van der Waals surface area contributed by atoms with Crippen LogP contribution in [0, 0.1) is 0 Å². The number of phenols is 1. The third-order valence-electron chi connectivity index (χ3n) is 2.52. The first kappa shape index (κ1) is 10.5. The Kier molecular flexibility index (Phi) is 2.56. The van der Waals surface area contributed by atoms with Gasteiger partial charge in [-0.1, -0.05) is 13.8 Å². The van der Waals surface area contributed by atoms with Crippen molar-refractivity contribution in [1.29, 1.82) is 0 Å². The molecule has 0 aliphatic carbocycles. The monoisotopic (exact) mass is 217 g/mol. The van der Waals surface area contributed by atoms with Gasteiger partial charge >= 0.3 is 0 Å². The van der Waals surface area contributed by atoms with Crippen LogP contribution in [0.3, 0.4) is 0 Å². The van der Waals surface area contributed by atoms with Crippen LogP contribution < -0.4 is 5.73 Å². The van der Waals surface area contributed by atoms with Gasteiger partial charge in [0.2, 0.25) is 0 Å². The summed E-state index contributed by atoms with van der Waals surface area (Å²) in [4.78, 5) is 0. The van der Waals surface area contributed by atoms with Crippen molar-refractivity contribution in [1.82, 2.24) is 10.2 Å². The molecule has 16 heavy (non-hydrogen) atoms. The molecule has 0 atom stereocenters. The molecule has 0 fully saturated rings. The highest BCUT2D eigenvalue weighted by Gasteiger charge is 2.07. The van der Waals surface area contributed by atoms with Gasteiger partial charge < -0.3 is 10.8 Å². The van der Waals surface area contributed by atoms with Gasteiger partial charge in [-0.15, -0.1) is 0 Å². The number of aromatic nitrogens is 2. The van der Waals surface area contributed by atoms with E-state index in [1.807, 2.05) is 6.07 Å².